The summed E-state index contributed by atoms with van der Waals surface area (Å²) >= 11 is 1.90. The van der Waals surface area contributed by atoms with Crippen molar-refractivity contribution < 1.29 is 4.74 Å². The minimum Gasteiger partial charge on any atom is -0.377 e. The van der Waals surface area contributed by atoms with Crippen molar-refractivity contribution in [2.24, 2.45) is 10.9 Å². The lowest BCUT2D eigenvalue weighted by molar-refractivity contribution is 0.0271. The highest BCUT2D eigenvalue weighted by Gasteiger charge is 2.26. The van der Waals surface area contributed by atoms with Crippen LogP contribution in [0.25, 0.3) is 0 Å². The molecule has 1 N–H and O–H groups in total. The van der Waals surface area contributed by atoms with Gasteiger partial charge in [-0.25, -0.2) is 0 Å². The van der Waals surface area contributed by atoms with Gasteiger partial charge in [0, 0.05) is 18.9 Å². The second kappa shape index (κ2) is 6.64. The maximum absolute atomic E-state index is 5.39. The van der Waals surface area contributed by atoms with Crippen LogP contribution < -0.4 is 5.32 Å². The third kappa shape index (κ3) is 4.51. The largest absolute Gasteiger partial charge is 0.377 e. The molecular formula is C13H26N2OS. The van der Waals surface area contributed by atoms with Crippen LogP contribution in [0.3, 0.4) is 0 Å². The summed E-state index contributed by atoms with van der Waals surface area (Å²) in [6.45, 7) is 10.5. The molecule has 17 heavy (non-hydrogen) atoms. The van der Waals surface area contributed by atoms with E-state index in [-0.39, 0.29) is 5.60 Å². The van der Waals surface area contributed by atoms with E-state index >= 15 is 0 Å². The Kier molecular flexibility index (Phi) is 5.80. The van der Waals surface area contributed by atoms with Crippen molar-refractivity contribution in [2.75, 3.05) is 20.2 Å². The topological polar surface area (TPSA) is 33.6 Å². The van der Waals surface area contributed by atoms with E-state index < -0.39 is 0 Å². The molecule has 0 bridgehead atoms. The number of aliphatic imine (C=N–C) groups is 1. The lowest BCUT2D eigenvalue weighted by atomic mass is 9.99. The fourth-order valence-electron chi connectivity index (χ4n) is 1.91. The van der Waals surface area contributed by atoms with Gasteiger partial charge in [0.1, 0.15) is 0 Å². The zero-order valence-corrected chi connectivity index (χ0v) is 12.6. The number of amidine groups is 1. The molecule has 0 saturated heterocycles. The van der Waals surface area contributed by atoms with Gasteiger partial charge in [-0.05, 0) is 19.8 Å². The van der Waals surface area contributed by atoms with Crippen LogP contribution in [0.15, 0.2) is 4.99 Å². The summed E-state index contributed by atoms with van der Waals surface area (Å²) in [4.78, 5) is 4.58. The maximum Gasteiger partial charge on any atom is 0.157 e. The highest BCUT2D eigenvalue weighted by Crippen LogP contribution is 2.30. The summed E-state index contributed by atoms with van der Waals surface area (Å²) in [6.07, 6.45) is 2.50. The average Bonchev–Trinajstić information content (AvgIpc) is 2.77. The number of thioether (sulfide) groups is 1. The van der Waals surface area contributed by atoms with E-state index in [1.807, 2.05) is 11.8 Å². The highest BCUT2D eigenvalue weighted by molar-refractivity contribution is 8.14. The first-order chi connectivity index (χ1) is 8.02. The molecule has 0 aliphatic carbocycles. The first-order valence-corrected chi connectivity index (χ1v) is 7.40. The van der Waals surface area contributed by atoms with Gasteiger partial charge in [-0.15, -0.1) is 0 Å². The van der Waals surface area contributed by atoms with Crippen LogP contribution in [0.5, 0.6) is 0 Å². The Hall–Kier alpha value is -0.220. The van der Waals surface area contributed by atoms with E-state index in [9.17, 15) is 0 Å². The van der Waals surface area contributed by atoms with Gasteiger partial charge >= 0.3 is 0 Å². The summed E-state index contributed by atoms with van der Waals surface area (Å²) in [6, 6.07) is 0. The first kappa shape index (κ1) is 14.8. The lowest BCUT2D eigenvalue weighted by Gasteiger charge is -2.24. The normalized spacial score (nSPS) is 20.8. The van der Waals surface area contributed by atoms with E-state index in [4.69, 9.17) is 4.74 Å². The van der Waals surface area contributed by atoms with Crippen LogP contribution in [0.1, 0.15) is 40.5 Å². The van der Waals surface area contributed by atoms with Crippen molar-refractivity contribution in [3.05, 3.63) is 0 Å². The molecule has 1 aliphatic rings. The Balaban J connectivity index is 2.35. The van der Waals surface area contributed by atoms with Gasteiger partial charge in [0.25, 0.3) is 0 Å². The number of ether oxygens (including phenoxy) is 1. The molecular weight excluding hydrogens is 232 g/mol. The number of hydrogen-bond donors (Lipinski definition) is 1. The quantitative estimate of drug-likeness (QED) is 0.795. The van der Waals surface area contributed by atoms with Crippen LogP contribution in [0.2, 0.25) is 0 Å². The number of nitrogens with zero attached hydrogens (tertiary/aromatic N) is 1. The maximum atomic E-state index is 5.39. The zero-order chi connectivity index (χ0) is 12.9. The van der Waals surface area contributed by atoms with Gasteiger partial charge in [0.2, 0.25) is 0 Å². The van der Waals surface area contributed by atoms with Crippen molar-refractivity contribution in [3.8, 4) is 0 Å². The number of nitrogens with one attached hydrogen (secondary N) is 1. The van der Waals surface area contributed by atoms with Gasteiger partial charge in [0.05, 0.1) is 12.1 Å². The second-order valence-corrected chi connectivity index (χ2v) is 6.42. The van der Waals surface area contributed by atoms with Gasteiger partial charge < -0.3 is 10.1 Å². The van der Waals surface area contributed by atoms with Crippen LogP contribution >= 0.6 is 11.8 Å². The molecule has 1 unspecified atom stereocenters. The molecule has 0 aromatic heterocycles. The molecule has 0 radical (unpaired) electrons. The Morgan fingerprint density at radius 2 is 2.12 bits per heavy atom. The summed E-state index contributed by atoms with van der Waals surface area (Å²) in [5, 5.41) is 5.15. The zero-order valence-electron chi connectivity index (χ0n) is 11.7. The Labute approximate surface area is 110 Å². The molecule has 1 rings (SSSR count). The monoisotopic (exact) mass is 258 g/mol. The minimum atomic E-state index is -0.129. The van der Waals surface area contributed by atoms with Crippen molar-refractivity contribution in [1.29, 1.82) is 0 Å². The SMILES string of the molecule is CCC(CC)C1CN=C(NCC(C)(C)OC)S1. The molecule has 0 aromatic rings. The Morgan fingerprint density at radius 1 is 1.47 bits per heavy atom. The number of hydrogen-bond acceptors (Lipinski definition) is 4. The third-order valence-electron chi connectivity index (χ3n) is 3.47. The summed E-state index contributed by atoms with van der Waals surface area (Å²) < 4.78 is 5.39. The molecule has 3 nitrogen and oxygen atoms in total. The highest BCUT2D eigenvalue weighted by atomic mass is 32.2. The predicted octanol–water partition coefficient (Wildman–Crippen LogP) is 2.91. The van der Waals surface area contributed by atoms with Crippen LogP contribution in [-0.4, -0.2) is 36.2 Å². The minimum absolute atomic E-state index is 0.129. The molecule has 1 aliphatic heterocycles. The van der Waals surface area contributed by atoms with E-state index in [1.54, 1.807) is 7.11 Å². The summed E-state index contributed by atoms with van der Waals surface area (Å²) in [5.74, 6) is 0.790. The van der Waals surface area contributed by atoms with E-state index in [0.717, 1.165) is 24.2 Å². The number of methoxy groups -OCH3 is 1. The second-order valence-electron chi connectivity index (χ2n) is 5.20. The van der Waals surface area contributed by atoms with Crippen molar-refractivity contribution in [2.45, 2.75) is 51.4 Å². The predicted molar refractivity (Wildman–Crippen MR) is 76.8 cm³/mol. The Morgan fingerprint density at radius 3 is 2.65 bits per heavy atom. The molecule has 1 heterocycles. The molecule has 0 saturated carbocycles. The van der Waals surface area contributed by atoms with E-state index in [1.165, 1.54) is 12.8 Å². The lowest BCUT2D eigenvalue weighted by Crippen LogP contribution is -2.38. The van der Waals surface area contributed by atoms with Crippen LogP contribution in [-0.2, 0) is 4.74 Å². The average molecular weight is 258 g/mol. The molecule has 0 aromatic carbocycles. The van der Waals surface area contributed by atoms with Gasteiger partial charge in [-0.1, -0.05) is 38.5 Å². The van der Waals surface area contributed by atoms with Gasteiger partial charge in [-0.2, -0.15) is 0 Å². The first-order valence-electron chi connectivity index (χ1n) is 6.52. The molecule has 0 spiro atoms. The van der Waals surface area contributed by atoms with Crippen LogP contribution in [0, 0.1) is 5.92 Å². The molecule has 4 heteroatoms. The third-order valence-corrected chi connectivity index (χ3v) is 4.80. The van der Waals surface area contributed by atoms with Crippen molar-refractivity contribution in [1.82, 2.24) is 5.32 Å². The Bertz CT molecular complexity index is 262. The molecule has 0 fully saturated rings. The fourth-order valence-corrected chi connectivity index (χ4v) is 3.23. The van der Waals surface area contributed by atoms with Crippen LogP contribution in [0.4, 0.5) is 0 Å². The molecule has 1 atom stereocenters. The van der Waals surface area contributed by atoms with Gasteiger partial charge in [-0.3, -0.25) is 4.99 Å². The molecule has 0 amide bonds. The molecule has 100 valence electrons. The summed E-state index contributed by atoms with van der Waals surface area (Å²) in [5.41, 5.74) is -0.129. The summed E-state index contributed by atoms with van der Waals surface area (Å²) in [7, 11) is 1.75. The van der Waals surface area contributed by atoms with Crippen molar-refractivity contribution >= 4 is 16.9 Å². The van der Waals surface area contributed by atoms with Crippen molar-refractivity contribution in [3.63, 3.8) is 0 Å². The number of rotatable bonds is 6. The fraction of sp³-hybridized carbons (Fsp3) is 0.923. The van der Waals surface area contributed by atoms with E-state index in [0.29, 0.717) is 5.25 Å². The standard InChI is InChI=1S/C13H26N2OS/c1-6-10(7-2)11-8-14-12(17-11)15-9-13(3,4)16-5/h10-11H,6-9H2,1-5H3,(H,14,15). The smallest absolute Gasteiger partial charge is 0.157 e. The van der Waals surface area contributed by atoms with Gasteiger partial charge in [0.15, 0.2) is 5.17 Å². The van der Waals surface area contributed by atoms with E-state index in [2.05, 4.69) is 38.0 Å².